The quantitative estimate of drug-likeness (QED) is 0.0168. The van der Waals surface area contributed by atoms with E-state index in [0.717, 1.165) is 29.1 Å². The number of ether oxygens (including phenoxy) is 3. The first-order valence-corrected chi connectivity index (χ1v) is 36.3. The number of nitrogens with zero attached hydrogens (tertiary/aromatic N) is 9. The molecule has 0 aliphatic heterocycles. The number of benzene rings is 7. The number of methoxy groups -OCH3 is 1. The number of phenols is 1. The van der Waals surface area contributed by atoms with E-state index in [1.807, 2.05) is 0 Å². The lowest BCUT2D eigenvalue weighted by molar-refractivity contribution is 0.317. The normalized spacial score (nSPS) is 14.7. The summed E-state index contributed by atoms with van der Waals surface area (Å²) < 4.78 is 257. The lowest BCUT2D eigenvalue weighted by Crippen LogP contribution is -2.20. The summed E-state index contributed by atoms with van der Waals surface area (Å²) >= 11 is 0. The summed E-state index contributed by atoms with van der Waals surface area (Å²) in [6.07, 6.45) is -0.366. The van der Waals surface area contributed by atoms with Crippen molar-refractivity contribution in [3.05, 3.63) is 112 Å². The van der Waals surface area contributed by atoms with Crippen molar-refractivity contribution in [3.63, 3.8) is 0 Å². The molecule has 1 heterocycles. The number of aromatic hydroxyl groups is 1. The Morgan fingerprint density at radius 1 is 0.543 bits per heavy atom. The van der Waals surface area contributed by atoms with Crippen LogP contribution in [0.1, 0.15) is 46.8 Å². The van der Waals surface area contributed by atoms with Crippen LogP contribution in [0.4, 0.5) is 34.1 Å². The highest BCUT2D eigenvalue weighted by atomic mass is 32.2. The minimum atomic E-state index is -5.35. The standard InChI is InChI=1S/C51H47N9O25S7/c1-26-16-41(56-57-49-47(91(77,78)79)19-28-18-29(6-7-32(28)50(49)61)60-58-37-10-9-34-35(48(37)59-60)20-31(89(71,72)73)23-46(34)90(74,75)76)44(83-3)24-39(26)54-55-42-17-27(2)40(25-45(42)85-13-5-15-87(65,66)67)53-52-38-11-8-33-36(51(38)92(80,81)82)21-30(88(68,69)70)22-43(33)84-12-4-14-86(62,63)64/h6-11,16-22,24-25,46,61H,4-5,12-15,23H2,1-3H3,(H,62,63,64)(H,65,66,67)(H,68,69,70)(H,71,72,73)(H,74,75,76)(H,77,78,79)(H,80,81,82). The van der Waals surface area contributed by atoms with Crippen LogP contribution >= 0.6 is 0 Å². The molecular formula is C51H47N9O25S7. The van der Waals surface area contributed by atoms with Crippen molar-refractivity contribution < 1.29 is 110 Å². The molecule has 1 atom stereocenters. The van der Waals surface area contributed by atoms with E-state index in [1.54, 1.807) is 0 Å². The third-order valence-corrected chi connectivity index (χ3v) is 20.0. The zero-order chi connectivity index (χ0) is 67.4. The van der Waals surface area contributed by atoms with Gasteiger partial charge in [0.25, 0.3) is 70.8 Å². The molecule has 7 aromatic carbocycles. The van der Waals surface area contributed by atoms with Gasteiger partial charge in [0.2, 0.25) is 0 Å². The zero-order valence-electron chi connectivity index (χ0n) is 47.1. The van der Waals surface area contributed by atoms with E-state index in [-0.39, 0.29) is 103 Å². The highest BCUT2D eigenvalue weighted by Crippen LogP contribution is 2.46. The van der Waals surface area contributed by atoms with Crippen molar-refractivity contribution in [3.8, 4) is 28.7 Å². The summed E-state index contributed by atoms with van der Waals surface area (Å²) in [5.41, 5.74) is -0.913. The zero-order valence-corrected chi connectivity index (χ0v) is 52.8. The summed E-state index contributed by atoms with van der Waals surface area (Å²) in [6, 6.07) is 16.6. The molecular weight excluding hydrogens is 1360 g/mol. The molecule has 9 rings (SSSR count). The fraction of sp³-hybridized carbons (Fsp3) is 0.216. The summed E-state index contributed by atoms with van der Waals surface area (Å²) in [7, 11) is -33.2. The molecule has 1 unspecified atom stereocenters. The Hall–Kier alpha value is -8.43. The third kappa shape index (κ3) is 15.4. The highest BCUT2D eigenvalue weighted by Gasteiger charge is 2.37. The van der Waals surface area contributed by atoms with Crippen LogP contribution in [-0.4, -0.2) is 143 Å². The van der Waals surface area contributed by atoms with E-state index >= 15 is 0 Å². The van der Waals surface area contributed by atoms with Gasteiger partial charge in [0.15, 0.2) is 5.75 Å². The van der Waals surface area contributed by atoms with E-state index in [1.165, 1.54) is 81.6 Å². The average molecular weight is 1410 g/mol. The van der Waals surface area contributed by atoms with E-state index in [0.29, 0.717) is 11.6 Å². The van der Waals surface area contributed by atoms with Gasteiger partial charge in [-0.3, -0.25) is 31.9 Å². The first-order chi connectivity index (χ1) is 42.7. The average Bonchev–Trinajstić information content (AvgIpc) is 1.30. The summed E-state index contributed by atoms with van der Waals surface area (Å²) in [5.74, 6) is -2.89. The van der Waals surface area contributed by atoms with Crippen molar-refractivity contribution in [2.24, 2.45) is 30.7 Å². The second kappa shape index (κ2) is 25.2. The van der Waals surface area contributed by atoms with Gasteiger partial charge in [-0.25, -0.2) is 0 Å². The second-order valence-electron chi connectivity index (χ2n) is 20.0. The summed E-state index contributed by atoms with van der Waals surface area (Å²) in [5, 5.41) is 42.6. The Kier molecular flexibility index (Phi) is 18.6. The lowest BCUT2D eigenvalue weighted by Gasteiger charge is -2.22. The van der Waals surface area contributed by atoms with Crippen molar-refractivity contribution in [1.29, 1.82) is 0 Å². The number of allylic oxidation sites excluding steroid dienone is 1. The van der Waals surface area contributed by atoms with Crippen LogP contribution in [0.25, 0.3) is 44.3 Å². The minimum absolute atomic E-state index is 0.0322. The molecule has 0 saturated heterocycles. The van der Waals surface area contributed by atoms with E-state index in [2.05, 4.69) is 40.9 Å². The largest absolute Gasteiger partial charge is 0.505 e. The van der Waals surface area contributed by atoms with Gasteiger partial charge >= 0.3 is 0 Å². The molecule has 34 nitrogen and oxygen atoms in total. The molecule has 1 aliphatic carbocycles. The van der Waals surface area contributed by atoms with Crippen LogP contribution in [0.2, 0.25) is 0 Å². The maximum absolute atomic E-state index is 13.0. The van der Waals surface area contributed by atoms with Gasteiger partial charge in [-0.15, -0.1) is 30.7 Å². The SMILES string of the molecule is COc1cc(N=Nc2cc(C)c(N=Nc3ccc4c(OCCCS(=O)(=O)O)cc(S(=O)(=O)O)cc4c3S(=O)(=O)O)cc2OCCCS(=O)(=O)O)c(C)cc1N=Nc1c(S(=O)(=O)O)cc2cc(-n3nc4ccc5c(c4n3)C=C(S(=O)(=O)O)CC5S(=O)(=O)O)ccc2c1O. The topological polar surface area (TPSA) is 533 Å². The molecule has 0 amide bonds. The molecule has 8 N–H and O–H groups in total. The number of hydrogen-bond donors (Lipinski definition) is 8. The Morgan fingerprint density at radius 2 is 1.11 bits per heavy atom. The van der Waals surface area contributed by atoms with E-state index < -0.39 is 148 Å². The van der Waals surface area contributed by atoms with Gasteiger partial charge in [-0.1, -0.05) is 6.07 Å². The van der Waals surface area contributed by atoms with Gasteiger partial charge in [0.1, 0.15) is 66.1 Å². The second-order valence-corrected chi connectivity index (χ2v) is 30.4. The molecule has 488 valence electrons. The predicted molar refractivity (Wildman–Crippen MR) is 324 cm³/mol. The number of azo groups is 3. The van der Waals surface area contributed by atoms with E-state index in [9.17, 15) is 91.3 Å². The molecule has 0 radical (unpaired) electrons. The Bertz CT molecular complexity index is 5390. The van der Waals surface area contributed by atoms with Gasteiger partial charge in [0.05, 0.1) is 58.7 Å². The number of fused-ring (bicyclic) bond motifs is 5. The van der Waals surface area contributed by atoms with Crippen LogP contribution in [0.3, 0.4) is 0 Å². The minimum Gasteiger partial charge on any atom is -0.505 e. The molecule has 0 saturated carbocycles. The van der Waals surface area contributed by atoms with Crippen molar-refractivity contribution in [1.82, 2.24) is 15.0 Å². The summed E-state index contributed by atoms with van der Waals surface area (Å²) in [6.45, 7) is 2.20. The first kappa shape index (κ1) is 67.9. The van der Waals surface area contributed by atoms with Crippen molar-refractivity contribution in [2.45, 2.75) is 53.0 Å². The Balaban J connectivity index is 1.03. The van der Waals surface area contributed by atoms with Crippen LogP contribution in [0.5, 0.6) is 23.0 Å². The first-order valence-electron chi connectivity index (χ1n) is 25.8. The highest BCUT2D eigenvalue weighted by molar-refractivity contribution is 7.90. The Labute approximate surface area is 521 Å². The molecule has 0 fully saturated rings. The fourth-order valence-corrected chi connectivity index (χ4v) is 14.0. The molecule has 41 heteroatoms. The fourth-order valence-electron chi connectivity index (χ4n) is 9.38. The molecule has 92 heavy (non-hydrogen) atoms. The smallest absolute Gasteiger partial charge is 0.297 e. The van der Waals surface area contributed by atoms with Crippen LogP contribution < -0.4 is 14.2 Å². The van der Waals surface area contributed by atoms with Gasteiger partial charge < -0.3 is 19.3 Å². The van der Waals surface area contributed by atoms with Gasteiger partial charge in [-0.2, -0.15) is 73.9 Å². The van der Waals surface area contributed by atoms with Gasteiger partial charge in [0, 0.05) is 46.3 Å². The van der Waals surface area contributed by atoms with Gasteiger partial charge in [-0.05, 0) is 116 Å². The number of aromatic nitrogens is 3. The van der Waals surface area contributed by atoms with E-state index in [4.69, 9.17) is 18.8 Å². The predicted octanol–water partition coefficient (Wildman–Crippen LogP) is 8.92. The number of phenolic OH excluding ortho intramolecular Hbond substituents is 1. The molecule has 8 aromatic rings. The number of aryl methyl sites for hydroxylation is 2. The number of rotatable bonds is 23. The van der Waals surface area contributed by atoms with Crippen molar-refractivity contribution >= 4 is 144 Å². The third-order valence-electron chi connectivity index (χ3n) is 13.6. The molecule has 0 spiro atoms. The molecule has 1 aliphatic rings. The molecule has 0 bridgehead atoms. The monoisotopic (exact) mass is 1410 g/mol. The lowest BCUT2D eigenvalue weighted by atomic mass is 9.95. The summed E-state index contributed by atoms with van der Waals surface area (Å²) in [4.78, 5) is -2.58. The van der Waals surface area contributed by atoms with Crippen LogP contribution in [0, 0.1) is 13.8 Å². The maximum Gasteiger partial charge on any atom is 0.297 e. The van der Waals surface area contributed by atoms with Crippen molar-refractivity contribution in [2.75, 3.05) is 31.8 Å². The van der Waals surface area contributed by atoms with Crippen LogP contribution in [-0.2, 0) is 70.8 Å². The van der Waals surface area contributed by atoms with Crippen LogP contribution in [0.15, 0.2) is 135 Å². The Morgan fingerprint density at radius 3 is 1.67 bits per heavy atom. The maximum atomic E-state index is 13.0. The molecule has 1 aromatic heterocycles. The number of hydrogen-bond acceptors (Lipinski definition) is 26.